The average Bonchev–Trinajstić information content (AvgIpc) is 2.76. The zero-order chi connectivity index (χ0) is 12.1. The van der Waals surface area contributed by atoms with Crippen LogP contribution < -0.4 is 11.1 Å². The van der Waals surface area contributed by atoms with Gasteiger partial charge in [-0.3, -0.25) is 0 Å². The van der Waals surface area contributed by atoms with E-state index in [0.717, 1.165) is 19.6 Å². The highest BCUT2D eigenvalue weighted by Gasteiger charge is 2.29. The summed E-state index contributed by atoms with van der Waals surface area (Å²) in [5.41, 5.74) is 6.36. The molecule has 2 rings (SSSR count). The minimum atomic E-state index is 0.380. The molecule has 1 aromatic rings. The van der Waals surface area contributed by atoms with E-state index in [4.69, 9.17) is 5.73 Å². The van der Waals surface area contributed by atoms with Crippen LogP contribution in [-0.2, 0) is 6.54 Å². The fourth-order valence-electron chi connectivity index (χ4n) is 2.79. The van der Waals surface area contributed by atoms with Crippen LogP contribution >= 0.6 is 11.3 Å². The van der Waals surface area contributed by atoms with Gasteiger partial charge in [0, 0.05) is 22.8 Å². The van der Waals surface area contributed by atoms with Crippen molar-refractivity contribution in [2.45, 2.75) is 45.6 Å². The number of nitrogens with one attached hydrogen (secondary N) is 1. The summed E-state index contributed by atoms with van der Waals surface area (Å²) in [6.07, 6.45) is 6.72. The Morgan fingerprint density at radius 3 is 2.65 bits per heavy atom. The topological polar surface area (TPSA) is 38.0 Å². The molecule has 0 spiro atoms. The molecule has 1 heterocycles. The summed E-state index contributed by atoms with van der Waals surface area (Å²) in [7, 11) is 0. The maximum Gasteiger partial charge on any atom is 0.0300 e. The molecule has 1 fully saturated rings. The van der Waals surface area contributed by atoms with E-state index in [1.165, 1.54) is 41.9 Å². The van der Waals surface area contributed by atoms with Crippen molar-refractivity contribution in [2.75, 3.05) is 13.1 Å². The Kier molecular flexibility index (Phi) is 4.60. The molecule has 0 aromatic carbocycles. The van der Waals surface area contributed by atoms with Crippen molar-refractivity contribution < 1.29 is 0 Å². The monoisotopic (exact) mass is 252 g/mol. The summed E-state index contributed by atoms with van der Waals surface area (Å²) < 4.78 is 0. The molecule has 0 unspecified atom stereocenters. The van der Waals surface area contributed by atoms with Crippen LogP contribution in [0.4, 0.5) is 0 Å². The fourth-order valence-corrected chi connectivity index (χ4v) is 3.65. The zero-order valence-corrected chi connectivity index (χ0v) is 11.6. The van der Waals surface area contributed by atoms with Gasteiger partial charge in [0.25, 0.3) is 0 Å². The second-order valence-electron chi connectivity index (χ2n) is 5.38. The van der Waals surface area contributed by atoms with Crippen LogP contribution in [0.15, 0.2) is 12.1 Å². The van der Waals surface area contributed by atoms with Gasteiger partial charge in [0.05, 0.1) is 0 Å². The minimum Gasteiger partial charge on any atom is -0.330 e. The predicted molar refractivity (Wildman–Crippen MR) is 75.3 cm³/mol. The third-order valence-corrected chi connectivity index (χ3v) is 4.94. The molecule has 0 amide bonds. The first-order valence-electron chi connectivity index (χ1n) is 6.70. The van der Waals surface area contributed by atoms with Gasteiger partial charge in [-0.15, -0.1) is 11.3 Å². The van der Waals surface area contributed by atoms with Crippen molar-refractivity contribution in [3.63, 3.8) is 0 Å². The normalized spacial score (nSPS) is 19.4. The number of hydrogen-bond acceptors (Lipinski definition) is 3. The van der Waals surface area contributed by atoms with Crippen LogP contribution in [0.25, 0.3) is 0 Å². The third kappa shape index (κ3) is 3.54. The smallest absolute Gasteiger partial charge is 0.0300 e. The van der Waals surface area contributed by atoms with Crippen LogP contribution in [0.1, 0.15) is 41.9 Å². The van der Waals surface area contributed by atoms with Crippen LogP contribution in [0, 0.1) is 12.3 Å². The van der Waals surface area contributed by atoms with Gasteiger partial charge in [-0.25, -0.2) is 0 Å². The standard InChI is InChI=1S/C14H24N2S/c1-12-5-6-13(17-12)9-16-11-14(10-15)7-3-2-4-8-14/h5-6,16H,2-4,7-11,15H2,1H3. The van der Waals surface area contributed by atoms with Crippen molar-refractivity contribution in [2.24, 2.45) is 11.1 Å². The van der Waals surface area contributed by atoms with Crippen molar-refractivity contribution in [3.05, 3.63) is 21.9 Å². The van der Waals surface area contributed by atoms with E-state index < -0.39 is 0 Å². The van der Waals surface area contributed by atoms with Crippen molar-refractivity contribution in [1.82, 2.24) is 5.32 Å². The number of hydrogen-bond donors (Lipinski definition) is 2. The first-order valence-corrected chi connectivity index (χ1v) is 7.52. The number of nitrogens with two attached hydrogens (primary N) is 1. The molecule has 0 atom stereocenters. The summed E-state index contributed by atoms with van der Waals surface area (Å²) in [5, 5.41) is 3.61. The average molecular weight is 252 g/mol. The van der Waals surface area contributed by atoms with E-state index in [1.807, 2.05) is 11.3 Å². The Hall–Kier alpha value is -0.380. The van der Waals surface area contributed by atoms with Crippen molar-refractivity contribution in [3.8, 4) is 0 Å². The van der Waals surface area contributed by atoms with Crippen LogP contribution in [0.2, 0.25) is 0 Å². The van der Waals surface area contributed by atoms with Crippen molar-refractivity contribution in [1.29, 1.82) is 0 Å². The Morgan fingerprint density at radius 2 is 2.06 bits per heavy atom. The Bertz CT molecular complexity index is 340. The molecular weight excluding hydrogens is 228 g/mol. The first kappa shape index (κ1) is 13.1. The zero-order valence-electron chi connectivity index (χ0n) is 10.8. The molecule has 1 aliphatic rings. The second kappa shape index (κ2) is 5.98. The molecule has 0 radical (unpaired) electrons. The van der Waals surface area contributed by atoms with Crippen molar-refractivity contribution >= 4 is 11.3 Å². The highest BCUT2D eigenvalue weighted by Crippen LogP contribution is 2.34. The van der Waals surface area contributed by atoms with E-state index in [2.05, 4.69) is 24.4 Å². The number of aryl methyl sites for hydroxylation is 1. The summed E-state index contributed by atoms with van der Waals surface area (Å²) in [4.78, 5) is 2.83. The highest BCUT2D eigenvalue weighted by atomic mass is 32.1. The van der Waals surface area contributed by atoms with Gasteiger partial charge in [0.2, 0.25) is 0 Å². The molecule has 0 saturated heterocycles. The molecule has 1 saturated carbocycles. The Balaban J connectivity index is 1.79. The van der Waals surface area contributed by atoms with E-state index in [9.17, 15) is 0 Å². The van der Waals surface area contributed by atoms with Gasteiger partial charge >= 0.3 is 0 Å². The van der Waals surface area contributed by atoms with E-state index in [-0.39, 0.29) is 0 Å². The fraction of sp³-hybridized carbons (Fsp3) is 0.714. The van der Waals surface area contributed by atoms with E-state index in [1.54, 1.807) is 0 Å². The predicted octanol–water partition coefficient (Wildman–Crippen LogP) is 3.06. The molecule has 0 bridgehead atoms. The lowest BCUT2D eigenvalue weighted by molar-refractivity contribution is 0.191. The lowest BCUT2D eigenvalue weighted by atomic mass is 9.74. The molecule has 1 aliphatic carbocycles. The van der Waals surface area contributed by atoms with E-state index >= 15 is 0 Å². The van der Waals surface area contributed by atoms with Crippen LogP contribution in [0.5, 0.6) is 0 Å². The van der Waals surface area contributed by atoms with Gasteiger partial charge in [-0.05, 0) is 43.9 Å². The first-order chi connectivity index (χ1) is 8.24. The number of thiophene rings is 1. The third-order valence-electron chi connectivity index (χ3n) is 3.94. The summed E-state index contributed by atoms with van der Waals surface area (Å²) in [6.45, 7) is 5.08. The quantitative estimate of drug-likeness (QED) is 0.845. The van der Waals surface area contributed by atoms with Crippen LogP contribution in [0.3, 0.4) is 0 Å². The molecule has 2 nitrogen and oxygen atoms in total. The second-order valence-corrected chi connectivity index (χ2v) is 6.75. The van der Waals surface area contributed by atoms with Gasteiger partial charge in [-0.2, -0.15) is 0 Å². The molecule has 3 heteroatoms. The molecule has 1 aromatic heterocycles. The van der Waals surface area contributed by atoms with E-state index in [0.29, 0.717) is 5.41 Å². The Labute approximate surface area is 109 Å². The molecule has 0 aliphatic heterocycles. The lowest BCUT2D eigenvalue weighted by Gasteiger charge is -2.36. The maximum absolute atomic E-state index is 5.98. The van der Waals surface area contributed by atoms with Crippen LogP contribution in [-0.4, -0.2) is 13.1 Å². The highest BCUT2D eigenvalue weighted by molar-refractivity contribution is 7.11. The van der Waals surface area contributed by atoms with Gasteiger partial charge in [-0.1, -0.05) is 19.3 Å². The van der Waals surface area contributed by atoms with Gasteiger partial charge in [0.1, 0.15) is 0 Å². The molecular formula is C14H24N2S. The summed E-state index contributed by atoms with van der Waals surface area (Å²) >= 11 is 1.89. The molecule has 17 heavy (non-hydrogen) atoms. The molecule has 3 N–H and O–H groups in total. The molecule has 96 valence electrons. The van der Waals surface area contributed by atoms with Gasteiger partial charge < -0.3 is 11.1 Å². The minimum absolute atomic E-state index is 0.380. The summed E-state index contributed by atoms with van der Waals surface area (Å²) in [5.74, 6) is 0. The summed E-state index contributed by atoms with van der Waals surface area (Å²) in [6, 6.07) is 4.42. The largest absolute Gasteiger partial charge is 0.330 e. The number of rotatable bonds is 5. The maximum atomic E-state index is 5.98. The van der Waals surface area contributed by atoms with Gasteiger partial charge in [0.15, 0.2) is 0 Å². The lowest BCUT2D eigenvalue weighted by Crippen LogP contribution is -2.41. The SMILES string of the molecule is Cc1ccc(CNCC2(CN)CCCCC2)s1. The Morgan fingerprint density at radius 1 is 1.29 bits per heavy atom.